The molecule has 132 valence electrons. The van der Waals surface area contributed by atoms with Gasteiger partial charge in [0.05, 0.1) is 4.92 Å². The Bertz CT molecular complexity index is 948. The van der Waals surface area contributed by atoms with Gasteiger partial charge in [-0.05, 0) is 30.2 Å². The van der Waals surface area contributed by atoms with Gasteiger partial charge in [0, 0.05) is 17.3 Å². The van der Waals surface area contributed by atoms with Crippen LogP contribution in [-0.2, 0) is 6.54 Å². The third kappa shape index (κ3) is 3.89. The number of benzene rings is 2. The standard InChI is InChI=1S/C18H16ClN5O2/c1-12-6-2-5-9-15(12)23-18-16(24(25)26)17(21-11-22-18)20-10-13-7-3-4-8-14(13)19/h2-9,11H,10H2,1H3,(H2,20,21,22,23). The van der Waals surface area contributed by atoms with Crippen LogP contribution < -0.4 is 10.6 Å². The Balaban J connectivity index is 1.90. The Hall–Kier alpha value is -3.19. The average Bonchev–Trinajstić information content (AvgIpc) is 2.63. The van der Waals surface area contributed by atoms with E-state index in [0.717, 1.165) is 16.8 Å². The molecule has 0 saturated carbocycles. The summed E-state index contributed by atoms with van der Waals surface area (Å²) in [7, 11) is 0. The number of anilines is 3. The van der Waals surface area contributed by atoms with Gasteiger partial charge in [0.2, 0.25) is 11.6 Å². The molecule has 0 atom stereocenters. The minimum absolute atomic E-state index is 0.126. The quantitative estimate of drug-likeness (QED) is 0.483. The number of aryl methyl sites for hydroxylation is 1. The van der Waals surface area contributed by atoms with Crippen LogP contribution in [-0.4, -0.2) is 14.9 Å². The van der Waals surface area contributed by atoms with Crippen molar-refractivity contribution in [3.8, 4) is 0 Å². The lowest BCUT2D eigenvalue weighted by atomic mass is 10.2. The van der Waals surface area contributed by atoms with Gasteiger partial charge < -0.3 is 10.6 Å². The number of hydrogen-bond acceptors (Lipinski definition) is 6. The zero-order valence-corrected chi connectivity index (χ0v) is 14.7. The summed E-state index contributed by atoms with van der Waals surface area (Å²) >= 11 is 6.13. The number of hydrogen-bond donors (Lipinski definition) is 2. The first kappa shape index (κ1) is 17.6. The van der Waals surface area contributed by atoms with Crippen molar-refractivity contribution in [1.82, 2.24) is 9.97 Å². The fourth-order valence-electron chi connectivity index (χ4n) is 2.43. The molecule has 8 heteroatoms. The van der Waals surface area contributed by atoms with E-state index in [-0.39, 0.29) is 17.3 Å². The Labute approximate surface area is 155 Å². The summed E-state index contributed by atoms with van der Waals surface area (Å²) < 4.78 is 0. The maximum absolute atomic E-state index is 11.6. The topological polar surface area (TPSA) is 93.0 Å². The highest BCUT2D eigenvalue weighted by Gasteiger charge is 2.23. The van der Waals surface area contributed by atoms with E-state index in [2.05, 4.69) is 20.6 Å². The van der Waals surface area contributed by atoms with Crippen LogP contribution in [0.2, 0.25) is 5.02 Å². The molecule has 2 aromatic carbocycles. The molecule has 0 radical (unpaired) electrons. The van der Waals surface area contributed by atoms with Crippen LogP contribution >= 0.6 is 11.6 Å². The Morgan fingerprint density at radius 1 is 1.08 bits per heavy atom. The van der Waals surface area contributed by atoms with Crippen LogP contribution in [0.25, 0.3) is 0 Å². The van der Waals surface area contributed by atoms with Crippen molar-refractivity contribution in [2.45, 2.75) is 13.5 Å². The number of rotatable bonds is 6. The molecule has 0 unspecified atom stereocenters. The molecule has 1 heterocycles. The van der Waals surface area contributed by atoms with Gasteiger partial charge in [0.1, 0.15) is 6.33 Å². The van der Waals surface area contributed by atoms with Gasteiger partial charge in [-0.1, -0.05) is 48.0 Å². The molecule has 0 aliphatic carbocycles. The van der Waals surface area contributed by atoms with E-state index in [0.29, 0.717) is 11.6 Å². The van der Waals surface area contributed by atoms with Gasteiger partial charge in [-0.15, -0.1) is 0 Å². The van der Waals surface area contributed by atoms with E-state index >= 15 is 0 Å². The van der Waals surface area contributed by atoms with Crippen molar-refractivity contribution < 1.29 is 4.92 Å². The van der Waals surface area contributed by atoms with E-state index in [1.165, 1.54) is 6.33 Å². The average molecular weight is 370 g/mol. The van der Waals surface area contributed by atoms with E-state index in [1.807, 2.05) is 49.4 Å². The van der Waals surface area contributed by atoms with Gasteiger partial charge in [0.15, 0.2) is 0 Å². The molecule has 0 aliphatic rings. The number of nitrogens with zero attached hydrogens (tertiary/aromatic N) is 3. The van der Waals surface area contributed by atoms with Crippen molar-refractivity contribution in [2.75, 3.05) is 10.6 Å². The molecule has 26 heavy (non-hydrogen) atoms. The summed E-state index contributed by atoms with van der Waals surface area (Å²) in [5.74, 6) is 0.252. The van der Waals surface area contributed by atoms with Crippen LogP contribution in [0.3, 0.4) is 0 Å². The Morgan fingerprint density at radius 3 is 2.50 bits per heavy atom. The molecule has 0 bridgehead atoms. The molecule has 0 fully saturated rings. The van der Waals surface area contributed by atoms with Crippen LogP contribution in [0.5, 0.6) is 0 Å². The van der Waals surface area contributed by atoms with Gasteiger partial charge >= 0.3 is 5.69 Å². The molecule has 0 spiro atoms. The maximum atomic E-state index is 11.6. The Morgan fingerprint density at radius 2 is 1.77 bits per heavy atom. The maximum Gasteiger partial charge on any atom is 0.353 e. The SMILES string of the molecule is Cc1ccccc1Nc1ncnc(NCc2ccccc2Cl)c1[N+](=O)[O-]. The summed E-state index contributed by atoms with van der Waals surface area (Å²) in [6, 6.07) is 14.8. The van der Waals surface area contributed by atoms with Crippen LogP contribution in [0.4, 0.5) is 23.0 Å². The molecule has 0 amide bonds. The van der Waals surface area contributed by atoms with Crippen molar-refractivity contribution in [2.24, 2.45) is 0 Å². The normalized spacial score (nSPS) is 10.4. The van der Waals surface area contributed by atoms with E-state index in [4.69, 9.17) is 11.6 Å². The third-order valence-corrected chi connectivity index (χ3v) is 4.18. The lowest BCUT2D eigenvalue weighted by Gasteiger charge is -2.12. The fourth-order valence-corrected chi connectivity index (χ4v) is 2.64. The highest BCUT2D eigenvalue weighted by atomic mass is 35.5. The van der Waals surface area contributed by atoms with Gasteiger partial charge in [-0.2, -0.15) is 0 Å². The highest BCUT2D eigenvalue weighted by molar-refractivity contribution is 6.31. The van der Waals surface area contributed by atoms with Crippen molar-refractivity contribution in [3.05, 3.63) is 81.1 Å². The summed E-state index contributed by atoms with van der Waals surface area (Å²) in [6.07, 6.45) is 1.28. The van der Waals surface area contributed by atoms with Gasteiger partial charge in [-0.3, -0.25) is 10.1 Å². The summed E-state index contributed by atoms with van der Waals surface area (Å²) in [4.78, 5) is 19.2. The van der Waals surface area contributed by atoms with E-state index < -0.39 is 4.92 Å². The highest BCUT2D eigenvalue weighted by Crippen LogP contribution is 2.32. The minimum atomic E-state index is -0.504. The summed E-state index contributed by atoms with van der Waals surface area (Å²) in [6.45, 7) is 2.22. The van der Waals surface area contributed by atoms with Crippen molar-refractivity contribution in [1.29, 1.82) is 0 Å². The molecule has 0 saturated heterocycles. The fraction of sp³-hybridized carbons (Fsp3) is 0.111. The van der Waals surface area contributed by atoms with Gasteiger partial charge in [0.25, 0.3) is 0 Å². The van der Waals surface area contributed by atoms with Crippen LogP contribution in [0.15, 0.2) is 54.9 Å². The lowest BCUT2D eigenvalue weighted by molar-refractivity contribution is -0.383. The zero-order chi connectivity index (χ0) is 18.5. The molecular weight excluding hydrogens is 354 g/mol. The third-order valence-electron chi connectivity index (χ3n) is 3.81. The van der Waals surface area contributed by atoms with E-state index in [9.17, 15) is 10.1 Å². The molecule has 1 aromatic heterocycles. The first-order valence-corrected chi connectivity index (χ1v) is 8.23. The minimum Gasteiger partial charge on any atom is -0.360 e. The second kappa shape index (κ2) is 7.79. The molecule has 2 N–H and O–H groups in total. The number of aromatic nitrogens is 2. The van der Waals surface area contributed by atoms with E-state index in [1.54, 1.807) is 6.07 Å². The number of halogens is 1. The second-order valence-electron chi connectivity index (χ2n) is 5.56. The van der Waals surface area contributed by atoms with Crippen molar-refractivity contribution in [3.63, 3.8) is 0 Å². The first-order chi connectivity index (χ1) is 12.6. The molecular formula is C18H16ClN5O2. The lowest BCUT2D eigenvalue weighted by Crippen LogP contribution is -2.08. The largest absolute Gasteiger partial charge is 0.360 e. The smallest absolute Gasteiger partial charge is 0.353 e. The molecule has 3 aromatic rings. The predicted molar refractivity (Wildman–Crippen MR) is 102 cm³/mol. The predicted octanol–water partition coefficient (Wildman–Crippen LogP) is 4.70. The Kier molecular flexibility index (Phi) is 5.28. The van der Waals surface area contributed by atoms with Crippen molar-refractivity contribution >= 4 is 34.6 Å². The number of para-hydroxylation sites is 1. The monoisotopic (exact) mass is 369 g/mol. The molecule has 3 rings (SSSR count). The van der Waals surface area contributed by atoms with Crippen LogP contribution in [0.1, 0.15) is 11.1 Å². The molecule has 0 aliphatic heterocycles. The summed E-state index contributed by atoms with van der Waals surface area (Å²) in [5, 5.41) is 18.2. The molecule has 7 nitrogen and oxygen atoms in total. The number of nitrogens with one attached hydrogen (secondary N) is 2. The summed E-state index contributed by atoms with van der Waals surface area (Å²) in [5.41, 5.74) is 2.29. The van der Waals surface area contributed by atoms with Crippen LogP contribution in [0, 0.1) is 17.0 Å². The van der Waals surface area contributed by atoms with Gasteiger partial charge in [-0.25, -0.2) is 9.97 Å². The zero-order valence-electron chi connectivity index (χ0n) is 13.9. The number of nitro groups is 1. The first-order valence-electron chi connectivity index (χ1n) is 7.85. The second-order valence-corrected chi connectivity index (χ2v) is 5.97.